The first-order valence-corrected chi connectivity index (χ1v) is 10.8. The van der Waals surface area contributed by atoms with E-state index in [4.69, 9.17) is 21.4 Å². The molecule has 31 heavy (non-hydrogen) atoms. The Balaban J connectivity index is 1.56. The van der Waals surface area contributed by atoms with E-state index in [1.165, 1.54) is 18.9 Å². The number of carbonyl (C=O) groups is 2. The number of aryl methyl sites for hydroxylation is 1. The van der Waals surface area contributed by atoms with E-state index in [0.29, 0.717) is 38.4 Å². The molecule has 5 nitrogen and oxygen atoms in total. The van der Waals surface area contributed by atoms with Crippen molar-refractivity contribution < 1.29 is 18.7 Å². The minimum Gasteiger partial charge on any atom is -0.465 e. The van der Waals surface area contributed by atoms with Crippen LogP contribution in [0.2, 0.25) is 0 Å². The zero-order chi connectivity index (χ0) is 22.0. The highest BCUT2D eigenvalue weighted by atomic mass is 32.2. The third kappa shape index (κ3) is 4.47. The lowest BCUT2D eigenvalue weighted by atomic mass is 10.1. The maximum atomic E-state index is 12.9. The van der Waals surface area contributed by atoms with Gasteiger partial charge in [0.15, 0.2) is 0 Å². The Morgan fingerprint density at radius 3 is 2.61 bits per heavy atom. The summed E-state index contributed by atoms with van der Waals surface area (Å²) in [5.41, 5.74) is 3.22. The number of rotatable bonds is 5. The number of nitrogens with zero attached hydrogens (tertiary/aromatic N) is 1. The van der Waals surface area contributed by atoms with Crippen LogP contribution in [0.4, 0.5) is 0 Å². The smallest absolute Gasteiger partial charge is 0.338 e. The van der Waals surface area contributed by atoms with Crippen molar-refractivity contribution in [2.75, 3.05) is 7.11 Å². The molecule has 1 amide bonds. The molecular formula is C24H19NO4S2. The van der Waals surface area contributed by atoms with Crippen LogP contribution in [0.5, 0.6) is 0 Å². The predicted molar refractivity (Wildman–Crippen MR) is 125 cm³/mol. The Bertz CT molecular complexity index is 1190. The number of furan rings is 1. The lowest BCUT2D eigenvalue weighted by Gasteiger charge is -2.14. The van der Waals surface area contributed by atoms with Gasteiger partial charge in [-0.2, -0.15) is 0 Å². The number of hydrogen-bond acceptors (Lipinski definition) is 6. The number of hydrogen-bond donors (Lipinski definition) is 0. The number of amides is 1. The molecule has 1 aliphatic rings. The van der Waals surface area contributed by atoms with Crippen molar-refractivity contribution in [3.8, 4) is 11.3 Å². The average molecular weight is 450 g/mol. The summed E-state index contributed by atoms with van der Waals surface area (Å²) in [6, 6.07) is 18.6. The van der Waals surface area contributed by atoms with Crippen molar-refractivity contribution in [1.29, 1.82) is 0 Å². The zero-order valence-corrected chi connectivity index (χ0v) is 18.6. The van der Waals surface area contributed by atoms with Crippen LogP contribution in [0.1, 0.15) is 27.2 Å². The summed E-state index contributed by atoms with van der Waals surface area (Å²) in [6.45, 7) is 2.45. The van der Waals surface area contributed by atoms with Gasteiger partial charge in [0.25, 0.3) is 5.91 Å². The quantitative estimate of drug-likeness (QED) is 0.294. The second kappa shape index (κ2) is 8.91. The van der Waals surface area contributed by atoms with Crippen LogP contribution in [0, 0.1) is 6.92 Å². The maximum absolute atomic E-state index is 12.9. The molecule has 1 saturated heterocycles. The van der Waals surface area contributed by atoms with Gasteiger partial charge in [-0.1, -0.05) is 72.0 Å². The second-order valence-electron chi connectivity index (χ2n) is 6.99. The molecule has 1 aromatic heterocycles. The lowest BCUT2D eigenvalue weighted by molar-refractivity contribution is -0.122. The van der Waals surface area contributed by atoms with Gasteiger partial charge in [-0.25, -0.2) is 4.79 Å². The van der Waals surface area contributed by atoms with Crippen molar-refractivity contribution in [3.05, 3.63) is 88.0 Å². The first kappa shape index (κ1) is 21.1. The Morgan fingerprint density at radius 2 is 1.87 bits per heavy atom. The highest BCUT2D eigenvalue weighted by Gasteiger charge is 2.32. The van der Waals surface area contributed by atoms with E-state index in [2.05, 4.69) is 0 Å². The van der Waals surface area contributed by atoms with Crippen LogP contribution < -0.4 is 0 Å². The largest absolute Gasteiger partial charge is 0.465 e. The number of thioether (sulfide) groups is 1. The Kier molecular flexibility index (Phi) is 6.06. The summed E-state index contributed by atoms with van der Waals surface area (Å²) in [4.78, 5) is 27.0. The molecule has 0 N–H and O–H groups in total. The minimum atomic E-state index is -0.439. The number of ether oxygens (including phenoxy) is 1. The normalized spacial score (nSPS) is 15.0. The molecule has 1 aliphatic heterocycles. The number of methoxy groups -OCH3 is 1. The molecule has 1 fully saturated rings. The van der Waals surface area contributed by atoms with Crippen LogP contribution in [-0.2, 0) is 16.1 Å². The van der Waals surface area contributed by atoms with E-state index >= 15 is 0 Å². The molecule has 0 aliphatic carbocycles. The highest BCUT2D eigenvalue weighted by molar-refractivity contribution is 8.26. The van der Waals surface area contributed by atoms with E-state index in [9.17, 15) is 9.59 Å². The molecular weight excluding hydrogens is 430 g/mol. The van der Waals surface area contributed by atoms with Crippen LogP contribution in [-0.4, -0.2) is 28.2 Å². The molecule has 0 spiro atoms. The van der Waals surface area contributed by atoms with Gasteiger partial charge in [0.05, 0.1) is 24.1 Å². The van der Waals surface area contributed by atoms with Crippen molar-refractivity contribution in [1.82, 2.24) is 4.90 Å². The van der Waals surface area contributed by atoms with Gasteiger partial charge in [-0.05, 0) is 30.7 Å². The second-order valence-corrected chi connectivity index (χ2v) is 8.67. The van der Waals surface area contributed by atoms with Crippen molar-refractivity contribution in [3.63, 3.8) is 0 Å². The molecule has 7 heteroatoms. The number of thiocarbonyl (C=S) groups is 1. The summed E-state index contributed by atoms with van der Waals surface area (Å²) in [6.07, 6.45) is 1.68. The first-order valence-electron chi connectivity index (χ1n) is 9.54. The van der Waals surface area contributed by atoms with E-state index in [0.717, 1.165) is 11.1 Å². The SMILES string of the molecule is COC(=O)c1ccccc1-c1ccc(C=C2SC(=S)N(Cc3ccc(C)cc3)C2=O)o1. The molecule has 3 aromatic rings. The first-order chi connectivity index (χ1) is 15.0. The van der Waals surface area contributed by atoms with Crippen molar-refractivity contribution in [2.24, 2.45) is 0 Å². The predicted octanol–water partition coefficient (Wildman–Crippen LogP) is 5.44. The third-order valence-corrected chi connectivity index (χ3v) is 6.21. The summed E-state index contributed by atoms with van der Waals surface area (Å²) in [7, 11) is 1.34. The van der Waals surface area contributed by atoms with Gasteiger partial charge in [-0.15, -0.1) is 0 Å². The summed E-state index contributed by atoms with van der Waals surface area (Å²) in [5.74, 6) is 0.432. The molecule has 4 rings (SSSR count). The molecule has 0 radical (unpaired) electrons. The van der Waals surface area contributed by atoms with Gasteiger partial charge < -0.3 is 9.15 Å². The number of carbonyl (C=O) groups excluding carboxylic acids is 2. The molecule has 0 atom stereocenters. The Hall–Kier alpha value is -3.16. The van der Waals surface area contributed by atoms with Gasteiger partial charge in [-0.3, -0.25) is 9.69 Å². The Labute approximate surface area is 189 Å². The zero-order valence-electron chi connectivity index (χ0n) is 17.0. The maximum Gasteiger partial charge on any atom is 0.338 e. The standard InChI is InChI=1S/C24H19NO4S2/c1-15-7-9-16(10-8-15)14-25-22(26)21(31-24(25)30)13-17-11-12-20(29-17)18-5-3-4-6-19(18)23(27)28-2/h3-13H,14H2,1-2H3. The number of benzene rings is 2. The fourth-order valence-electron chi connectivity index (χ4n) is 3.20. The number of esters is 1. The molecule has 0 saturated carbocycles. The summed E-state index contributed by atoms with van der Waals surface area (Å²) >= 11 is 6.67. The molecule has 0 bridgehead atoms. The molecule has 156 valence electrons. The lowest BCUT2D eigenvalue weighted by Crippen LogP contribution is -2.27. The monoisotopic (exact) mass is 449 g/mol. The van der Waals surface area contributed by atoms with Crippen LogP contribution in [0.3, 0.4) is 0 Å². The minimum absolute atomic E-state index is 0.150. The summed E-state index contributed by atoms with van der Waals surface area (Å²) in [5, 5.41) is 0. The van der Waals surface area contributed by atoms with E-state index < -0.39 is 5.97 Å². The van der Waals surface area contributed by atoms with Gasteiger partial charge in [0.1, 0.15) is 15.8 Å². The van der Waals surface area contributed by atoms with E-state index in [1.807, 2.05) is 37.3 Å². The fraction of sp³-hybridized carbons (Fsp3) is 0.125. The van der Waals surface area contributed by atoms with E-state index in [-0.39, 0.29) is 5.91 Å². The van der Waals surface area contributed by atoms with Crippen LogP contribution in [0.25, 0.3) is 17.4 Å². The molecule has 2 heterocycles. The highest BCUT2D eigenvalue weighted by Crippen LogP contribution is 2.35. The van der Waals surface area contributed by atoms with Gasteiger partial charge in [0, 0.05) is 11.6 Å². The van der Waals surface area contributed by atoms with Gasteiger partial charge >= 0.3 is 5.97 Å². The third-order valence-electron chi connectivity index (χ3n) is 4.83. The van der Waals surface area contributed by atoms with E-state index in [1.54, 1.807) is 41.3 Å². The topological polar surface area (TPSA) is 59.8 Å². The Morgan fingerprint density at radius 1 is 1.13 bits per heavy atom. The fourth-order valence-corrected chi connectivity index (χ4v) is 4.44. The molecule has 0 unspecified atom stereocenters. The van der Waals surface area contributed by atoms with Crippen molar-refractivity contribution in [2.45, 2.75) is 13.5 Å². The van der Waals surface area contributed by atoms with Crippen LogP contribution in [0.15, 0.2) is 70.0 Å². The average Bonchev–Trinajstić information content (AvgIpc) is 3.35. The van der Waals surface area contributed by atoms with Crippen LogP contribution >= 0.6 is 24.0 Å². The van der Waals surface area contributed by atoms with Crippen molar-refractivity contribution >= 4 is 46.3 Å². The van der Waals surface area contributed by atoms with Gasteiger partial charge in [0.2, 0.25) is 0 Å². The molecule has 2 aromatic carbocycles. The summed E-state index contributed by atoms with van der Waals surface area (Å²) < 4.78 is 11.3.